The summed E-state index contributed by atoms with van der Waals surface area (Å²) < 4.78 is 0. The van der Waals surface area contributed by atoms with Gasteiger partial charge in [-0.25, -0.2) is 0 Å². The topological polar surface area (TPSA) is 15.3 Å². The molecular formula is C15H30N2. The predicted molar refractivity (Wildman–Crippen MR) is 74.2 cm³/mol. The lowest BCUT2D eigenvalue weighted by atomic mass is 9.78. The van der Waals surface area contributed by atoms with Crippen LogP contribution in [0.1, 0.15) is 52.9 Å². The van der Waals surface area contributed by atoms with Gasteiger partial charge in [0.2, 0.25) is 0 Å². The second-order valence-corrected chi connectivity index (χ2v) is 6.45. The van der Waals surface area contributed by atoms with Gasteiger partial charge >= 0.3 is 0 Å². The molecule has 2 fully saturated rings. The third-order valence-electron chi connectivity index (χ3n) is 5.05. The summed E-state index contributed by atoms with van der Waals surface area (Å²) in [7, 11) is 0. The first-order valence-electron chi connectivity index (χ1n) is 7.64. The fourth-order valence-electron chi connectivity index (χ4n) is 3.42. The summed E-state index contributed by atoms with van der Waals surface area (Å²) in [6, 6.07) is 1.59. The molecule has 1 aliphatic heterocycles. The maximum atomic E-state index is 3.60. The summed E-state index contributed by atoms with van der Waals surface area (Å²) in [5.74, 6) is 1.87. The van der Waals surface area contributed by atoms with Crippen LogP contribution in [0.3, 0.4) is 0 Å². The van der Waals surface area contributed by atoms with Crippen LogP contribution in [0.5, 0.6) is 0 Å². The predicted octanol–water partition coefficient (Wildman–Crippen LogP) is 2.89. The highest BCUT2D eigenvalue weighted by Crippen LogP contribution is 2.32. The second kappa shape index (κ2) is 6.19. The van der Waals surface area contributed by atoms with Gasteiger partial charge in [-0.1, -0.05) is 13.8 Å². The van der Waals surface area contributed by atoms with E-state index in [1.54, 1.807) is 0 Å². The van der Waals surface area contributed by atoms with Crippen molar-refractivity contribution in [3.63, 3.8) is 0 Å². The molecule has 0 spiro atoms. The van der Waals surface area contributed by atoms with Crippen molar-refractivity contribution in [2.45, 2.75) is 65.0 Å². The molecule has 1 saturated heterocycles. The SMILES string of the molecule is CC1CCN(C2CCC(C)C(C)C2)CCCN1. The molecule has 100 valence electrons. The van der Waals surface area contributed by atoms with E-state index < -0.39 is 0 Å². The van der Waals surface area contributed by atoms with Crippen LogP contribution < -0.4 is 5.32 Å². The minimum Gasteiger partial charge on any atom is -0.314 e. The lowest BCUT2D eigenvalue weighted by molar-refractivity contribution is 0.0987. The van der Waals surface area contributed by atoms with E-state index in [0.29, 0.717) is 6.04 Å². The summed E-state index contributed by atoms with van der Waals surface area (Å²) in [4.78, 5) is 2.79. The number of hydrogen-bond donors (Lipinski definition) is 1. The van der Waals surface area contributed by atoms with E-state index in [4.69, 9.17) is 0 Å². The van der Waals surface area contributed by atoms with Crippen molar-refractivity contribution in [3.05, 3.63) is 0 Å². The molecule has 2 aliphatic rings. The molecule has 0 radical (unpaired) electrons. The molecule has 2 rings (SSSR count). The molecule has 1 N–H and O–H groups in total. The third-order valence-corrected chi connectivity index (χ3v) is 5.05. The van der Waals surface area contributed by atoms with Gasteiger partial charge in [-0.2, -0.15) is 0 Å². The fourth-order valence-corrected chi connectivity index (χ4v) is 3.42. The van der Waals surface area contributed by atoms with Crippen molar-refractivity contribution < 1.29 is 0 Å². The molecular weight excluding hydrogens is 208 g/mol. The van der Waals surface area contributed by atoms with E-state index in [1.165, 1.54) is 51.7 Å². The van der Waals surface area contributed by atoms with Crippen LogP contribution in [0.25, 0.3) is 0 Å². The van der Waals surface area contributed by atoms with Crippen LogP contribution in [0.2, 0.25) is 0 Å². The molecule has 1 saturated carbocycles. The van der Waals surface area contributed by atoms with Crippen LogP contribution >= 0.6 is 0 Å². The van der Waals surface area contributed by atoms with E-state index >= 15 is 0 Å². The summed E-state index contributed by atoms with van der Waals surface area (Å²) in [5.41, 5.74) is 0. The van der Waals surface area contributed by atoms with Crippen molar-refractivity contribution >= 4 is 0 Å². The smallest absolute Gasteiger partial charge is 0.00980 e. The Labute approximate surface area is 107 Å². The minimum atomic E-state index is 0.706. The summed E-state index contributed by atoms with van der Waals surface area (Å²) >= 11 is 0. The van der Waals surface area contributed by atoms with Gasteiger partial charge in [-0.05, 0) is 70.5 Å². The maximum Gasteiger partial charge on any atom is 0.00980 e. The summed E-state index contributed by atoms with van der Waals surface area (Å²) in [6.07, 6.45) is 6.96. The summed E-state index contributed by atoms with van der Waals surface area (Å²) in [5, 5.41) is 3.60. The zero-order chi connectivity index (χ0) is 12.3. The minimum absolute atomic E-state index is 0.706. The molecule has 0 aromatic rings. The average molecular weight is 238 g/mol. The van der Waals surface area contributed by atoms with E-state index in [1.807, 2.05) is 0 Å². The molecule has 0 amide bonds. The van der Waals surface area contributed by atoms with E-state index in [-0.39, 0.29) is 0 Å². The van der Waals surface area contributed by atoms with Gasteiger partial charge in [0.25, 0.3) is 0 Å². The van der Waals surface area contributed by atoms with Gasteiger partial charge in [0.1, 0.15) is 0 Å². The van der Waals surface area contributed by atoms with Crippen LogP contribution in [0.15, 0.2) is 0 Å². The highest BCUT2D eigenvalue weighted by molar-refractivity contribution is 4.83. The number of nitrogens with zero attached hydrogens (tertiary/aromatic N) is 1. The van der Waals surface area contributed by atoms with Gasteiger partial charge < -0.3 is 10.2 Å². The zero-order valence-corrected chi connectivity index (χ0v) is 11.9. The molecule has 1 aliphatic carbocycles. The van der Waals surface area contributed by atoms with Gasteiger partial charge in [0.05, 0.1) is 0 Å². The molecule has 0 aromatic heterocycles. The Kier molecular flexibility index (Phi) is 4.87. The van der Waals surface area contributed by atoms with Crippen molar-refractivity contribution in [1.82, 2.24) is 10.2 Å². The van der Waals surface area contributed by atoms with Gasteiger partial charge in [0, 0.05) is 12.1 Å². The van der Waals surface area contributed by atoms with Gasteiger partial charge in [0.15, 0.2) is 0 Å². The van der Waals surface area contributed by atoms with Crippen molar-refractivity contribution in [1.29, 1.82) is 0 Å². The number of rotatable bonds is 1. The quantitative estimate of drug-likeness (QED) is 0.755. The molecule has 0 aromatic carbocycles. The first kappa shape index (κ1) is 13.4. The normalized spacial score (nSPS) is 41.8. The second-order valence-electron chi connectivity index (χ2n) is 6.45. The highest BCUT2D eigenvalue weighted by atomic mass is 15.2. The fraction of sp³-hybridized carbons (Fsp3) is 1.00. The van der Waals surface area contributed by atoms with E-state index in [2.05, 4.69) is 31.0 Å². The molecule has 4 unspecified atom stereocenters. The Morgan fingerprint density at radius 1 is 0.941 bits per heavy atom. The van der Waals surface area contributed by atoms with E-state index in [9.17, 15) is 0 Å². The molecule has 4 atom stereocenters. The Hall–Kier alpha value is -0.0800. The Balaban J connectivity index is 1.87. The van der Waals surface area contributed by atoms with Crippen LogP contribution in [-0.2, 0) is 0 Å². The van der Waals surface area contributed by atoms with Crippen LogP contribution in [0.4, 0.5) is 0 Å². The summed E-state index contributed by atoms with van der Waals surface area (Å²) in [6.45, 7) is 11.0. The van der Waals surface area contributed by atoms with Crippen molar-refractivity contribution in [2.24, 2.45) is 11.8 Å². The molecule has 1 heterocycles. The lowest BCUT2D eigenvalue weighted by Crippen LogP contribution is -2.45. The molecule has 2 nitrogen and oxygen atoms in total. The monoisotopic (exact) mass is 238 g/mol. The number of hydrogen-bond acceptors (Lipinski definition) is 2. The zero-order valence-electron chi connectivity index (χ0n) is 11.9. The highest BCUT2D eigenvalue weighted by Gasteiger charge is 2.28. The third kappa shape index (κ3) is 3.69. The van der Waals surface area contributed by atoms with E-state index in [0.717, 1.165) is 17.9 Å². The molecule has 17 heavy (non-hydrogen) atoms. The van der Waals surface area contributed by atoms with Gasteiger partial charge in [-0.15, -0.1) is 0 Å². The Morgan fingerprint density at radius 3 is 2.53 bits per heavy atom. The van der Waals surface area contributed by atoms with Gasteiger partial charge in [-0.3, -0.25) is 0 Å². The van der Waals surface area contributed by atoms with Crippen molar-refractivity contribution in [3.8, 4) is 0 Å². The van der Waals surface area contributed by atoms with Crippen LogP contribution in [0, 0.1) is 11.8 Å². The van der Waals surface area contributed by atoms with Crippen molar-refractivity contribution in [2.75, 3.05) is 19.6 Å². The van der Waals surface area contributed by atoms with Crippen LogP contribution in [-0.4, -0.2) is 36.6 Å². The largest absolute Gasteiger partial charge is 0.314 e. The first-order chi connectivity index (χ1) is 8.16. The Morgan fingerprint density at radius 2 is 1.76 bits per heavy atom. The maximum absolute atomic E-state index is 3.60. The first-order valence-corrected chi connectivity index (χ1v) is 7.64. The molecule has 2 heteroatoms. The lowest BCUT2D eigenvalue weighted by Gasteiger charge is -2.40. The molecule has 0 bridgehead atoms. The average Bonchev–Trinajstić information content (AvgIpc) is 2.28. The standard InChI is InChI=1S/C15H30N2/c1-12-5-6-15(11-13(12)2)17-9-4-8-16-14(3)7-10-17/h12-16H,4-11H2,1-3H3. The number of nitrogens with one attached hydrogen (secondary N) is 1. The Bertz CT molecular complexity index is 229.